The normalized spacial score (nSPS) is 20.9. The smallest absolute Gasteiger partial charge is 0.237 e. The van der Waals surface area contributed by atoms with Crippen LogP contribution in [0, 0.1) is 11.8 Å². The number of hydrogen-bond donors (Lipinski definition) is 0. The summed E-state index contributed by atoms with van der Waals surface area (Å²) in [4.78, 5) is 25.0. The number of imide groups is 1. The first-order valence-corrected chi connectivity index (χ1v) is 8.95. The zero-order valence-corrected chi connectivity index (χ0v) is 15.5. The van der Waals surface area contributed by atoms with E-state index in [2.05, 4.69) is 44.2 Å². The third-order valence-electron chi connectivity index (χ3n) is 4.97. The van der Waals surface area contributed by atoms with Crippen molar-refractivity contribution in [2.24, 2.45) is 11.8 Å². The summed E-state index contributed by atoms with van der Waals surface area (Å²) in [5.74, 6) is 0.0917. The predicted octanol–water partition coefficient (Wildman–Crippen LogP) is 5.03. The monoisotopic (exact) mass is 337 g/mol. The van der Waals surface area contributed by atoms with Gasteiger partial charge in [0.15, 0.2) is 0 Å². The van der Waals surface area contributed by atoms with Crippen molar-refractivity contribution < 1.29 is 9.59 Å². The van der Waals surface area contributed by atoms with Crippen LogP contribution in [0.15, 0.2) is 60.7 Å². The van der Waals surface area contributed by atoms with Crippen molar-refractivity contribution in [2.75, 3.05) is 4.90 Å². The molecule has 3 rings (SSSR count). The summed E-state index contributed by atoms with van der Waals surface area (Å²) in [7, 11) is 0. The Morgan fingerprint density at radius 1 is 0.840 bits per heavy atom. The van der Waals surface area contributed by atoms with Crippen LogP contribution >= 0.6 is 0 Å². The van der Waals surface area contributed by atoms with Gasteiger partial charge in [0.2, 0.25) is 11.8 Å². The fourth-order valence-corrected chi connectivity index (χ4v) is 2.79. The van der Waals surface area contributed by atoms with E-state index in [1.54, 1.807) is 26.0 Å². The van der Waals surface area contributed by atoms with E-state index >= 15 is 0 Å². The van der Waals surface area contributed by atoms with Crippen LogP contribution in [0.3, 0.4) is 0 Å². The van der Waals surface area contributed by atoms with Gasteiger partial charge in [0, 0.05) is 11.8 Å². The van der Waals surface area contributed by atoms with Crippen LogP contribution in [0.25, 0.3) is 0 Å². The molecule has 0 bridgehead atoms. The number of carbonyl (C=O) groups excluding carboxylic acids is 2. The largest absolute Gasteiger partial charge is 0.274 e. The van der Waals surface area contributed by atoms with Gasteiger partial charge >= 0.3 is 0 Å². The van der Waals surface area contributed by atoms with E-state index < -0.39 is 0 Å². The number of anilines is 1. The van der Waals surface area contributed by atoms with Crippen molar-refractivity contribution in [2.45, 2.75) is 40.0 Å². The van der Waals surface area contributed by atoms with E-state index in [9.17, 15) is 9.59 Å². The Balaban J connectivity index is 0.000000196. The lowest BCUT2D eigenvalue weighted by Gasteiger charge is -2.13. The van der Waals surface area contributed by atoms with Crippen LogP contribution < -0.4 is 4.90 Å². The molecule has 1 heterocycles. The Labute approximate surface area is 150 Å². The van der Waals surface area contributed by atoms with Gasteiger partial charge in [-0.15, -0.1) is 0 Å². The zero-order valence-electron chi connectivity index (χ0n) is 15.5. The minimum absolute atomic E-state index is 0.0984. The summed E-state index contributed by atoms with van der Waals surface area (Å²) in [6.07, 6.45) is 1.23. The number of benzene rings is 2. The topological polar surface area (TPSA) is 37.4 Å². The maximum atomic E-state index is 11.8. The Kier molecular flexibility index (Phi) is 6.51. The van der Waals surface area contributed by atoms with E-state index in [-0.39, 0.29) is 23.7 Å². The number of nitrogens with zero attached hydrogens (tertiary/aromatic N) is 1. The van der Waals surface area contributed by atoms with E-state index in [1.165, 1.54) is 16.9 Å². The second-order valence-corrected chi connectivity index (χ2v) is 6.64. The Morgan fingerprint density at radius 2 is 1.28 bits per heavy atom. The second-order valence-electron chi connectivity index (χ2n) is 6.64. The summed E-state index contributed by atoms with van der Waals surface area (Å²) >= 11 is 0. The lowest BCUT2D eigenvalue weighted by molar-refractivity contribution is -0.122. The molecule has 2 aromatic rings. The van der Waals surface area contributed by atoms with Gasteiger partial charge in [0.25, 0.3) is 0 Å². The van der Waals surface area contributed by atoms with Crippen molar-refractivity contribution in [3.05, 3.63) is 66.2 Å². The van der Waals surface area contributed by atoms with Crippen molar-refractivity contribution in [3.8, 4) is 0 Å². The number of carbonyl (C=O) groups is 2. The standard InChI is InChI=1S/C12H13NO2.C10H14/c1-8-9(2)12(15)13(11(8)14)10-6-4-3-5-7-10;1-3-9(2)10-7-5-4-6-8-10/h3-9H,1-2H3;4-9H,3H2,1-2H3. The van der Waals surface area contributed by atoms with Gasteiger partial charge in [-0.2, -0.15) is 0 Å². The molecule has 3 heteroatoms. The summed E-state index contributed by atoms with van der Waals surface area (Å²) in [6, 6.07) is 19.7. The number of amides is 2. The molecule has 0 N–H and O–H groups in total. The van der Waals surface area contributed by atoms with Gasteiger partial charge in [-0.3, -0.25) is 14.5 Å². The van der Waals surface area contributed by atoms with Crippen LogP contribution in [-0.2, 0) is 9.59 Å². The molecule has 0 saturated carbocycles. The SMILES string of the molecule is CC1C(=O)N(c2ccccc2)C(=O)C1C.CCC(C)c1ccccc1. The maximum Gasteiger partial charge on any atom is 0.237 e. The molecule has 132 valence electrons. The minimum atomic E-state index is -0.210. The van der Waals surface area contributed by atoms with E-state index in [1.807, 2.05) is 18.2 Å². The van der Waals surface area contributed by atoms with Gasteiger partial charge in [-0.1, -0.05) is 76.2 Å². The highest BCUT2D eigenvalue weighted by Gasteiger charge is 2.42. The van der Waals surface area contributed by atoms with Crippen LogP contribution in [0.4, 0.5) is 5.69 Å². The van der Waals surface area contributed by atoms with Gasteiger partial charge in [0.05, 0.1) is 5.69 Å². The minimum Gasteiger partial charge on any atom is -0.274 e. The fourth-order valence-electron chi connectivity index (χ4n) is 2.79. The molecule has 25 heavy (non-hydrogen) atoms. The average molecular weight is 337 g/mol. The molecule has 3 atom stereocenters. The van der Waals surface area contributed by atoms with Crippen molar-refractivity contribution in [1.82, 2.24) is 0 Å². The first-order valence-electron chi connectivity index (χ1n) is 8.95. The maximum absolute atomic E-state index is 11.8. The molecule has 1 aliphatic heterocycles. The zero-order chi connectivity index (χ0) is 18.4. The summed E-state index contributed by atoms with van der Waals surface area (Å²) in [5.41, 5.74) is 2.12. The van der Waals surface area contributed by atoms with Gasteiger partial charge in [0.1, 0.15) is 0 Å². The first-order chi connectivity index (χ1) is 12.0. The van der Waals surface area contributed by atoms with Gasteiger partial charge in [-0.25, -0.2) is 0 Å². The highest BCUT2D eigenvalue weighted by Crippen LogP contribution is 2.29. The molecular weight excluding hydrogens is 310 g/mol. The predicted molar refractivity (Wildman–Crippen MR) is 102 cm³/mol. The summed E-state index contributed by atoms with van der Waals surface area (Å²) < 4.78 is 0. The van der Waals surface area contributed by atoms with Crippen LogP contribution in [0.2, 0.25) is 0 Å². The Morgan fingerprint density at radius 3 is 1.72 bits per heavy atom. The number of rotatable bonds is 3. The lowest BCUT2D eigenvalue weighted by atomic mass is 9.99. The molecule has 1 aliphatic rings. The molecule has 0 aromatic heterocycles. The Hall–Kier alpha value is -2.42. The molecule has 1 saturated heterocycles. The first kappa shape index (κ1) is 18.9. The summed E-state index contributed by atoms with van der Waals surface area (Å²) in [6.45, 7) is 8.08. The van der Waals surface area contributed by atoms with Gasteiger partial charge < -0.3 is 0 Å². The van der Waals surface area contributed by atoms with Gasteiger partial charge in [-0.05, 0) is 30.0 Å². The fraction of sp³-hybridized carbons (Fsp3) is 0.364. The van der Waals surface area contributed by atoms with Crippen molar-refractivity contribution >= 4 is 17.5 Å². The molecule has 2 amide bonds. The van der Waals surface area contributed by atoms with Crippen LogP contribution in [0.1, 0.15) is 45.6 Å². The molecule has 2 aromatic carbocycles. The van der Waals surface area contributed by atoms with Crippen LogP contribution in [-0.4, -0.2) is 11.8 Å². The Bertz CT molecular complexity index is 676. The molecular formula is C22H27NO2. The third-order valence-corrected chi connectivity index (χ3v) is 4.97. The second kappa shape index (κ2) is 8.61. The molecule has 3 nitrogen and oxygen atoms in total. The molecule has 0 aliphatic carbocycles. The highest BCUT2D eigenvalue weighted by atomic mass is 16.2. The van der Waals surface area contributed by atoms with Crippen LogP contribution in [0.5, 0.6) is 0 Å². The number of hydrogen-bond acceptors (Lipinski definition) is 2. The molecule has 1 fully saturated rings. The van der Waals surface area contributed by atoms with E-state index in [4.69, 9.17) is 0 Å². The quantitative estimate of drug-likeness (QED) is 0.737. The highest BCUT2D eigenvalue weighted by molar-refractivity contribution is 6.21. The summed E-state index contributed by atoms with van der Waals surface area (Å²) in [5, 5.41) is 0. The molecule has 0 radical (unpaired) electrons. The van der Waals surface area contributed by atoms with Crippen molar-refractivity contribution in [3.63, 3.8) is 0 Å². The van der Waals surface area contributed by atoms with Crippen molar-refractivity contribution in [1.29, 1.82) is 0 Å². The lowest BCUT2D eigenvalue weighted by Crippen LogP contribution is -2.30. The number of para-hydroxylation sites is 1. The average Bonchev–Trinajstić information content (AvgIpc) is 2.86. The molecule has 0 spiro atoms. The third kappa shape index (κ3) is 4.36. The molecule has 3 unspecified atom stereocenters. The van der Waals surface area contributed by atoms with E-state index in [0.29, 0.717) is 11.6 Å². The van der Waals surface area contributed by atoms with E-state index in [0.717, 1.165) is 0 Å².